The Kier molecular flexibility index (Phi) is 9.37. The molecule has 0 aromatic carbocycles. The molecule has 13 heavy (non-hydrogen) atoms. The van der Waals surface area contributed by atoms with Crippen LogP contribution in [-0.2, 0) is 14.3 Å². The molecule has 0 aromatic heterocycles. The van der Waals surface area contributed by atoms with E-state index < -0.39 is 0 Å². The molecule has 0 atom stereocenters. The van der Waals surface area contributed by atoms with Crippen LogP contribution in [-0.4, -0.2) is 32.7 Å². The average Bonchev–Trinajstić information content (AvgIpc) is 2.16. The zero-order valence-corrected chi connectivity index (χ0v) is 8.54. The van der Waals surface area contributed by atoms with E-state index in [0.29, 0.717) is 26.4 Å². The summed E-state index contributed by atoms with van der Waals surface area (Å²) in [5.41, 5.74) is 0. The Labute approximate surface area is 80.4 Å². The monoisotopic (exact) mass is 187 g/mol. The number of hydrogen-bond donors (Lipinski definition) is 0. The van der Waals surface area contributed by atoms with Crippen molar-refractivity contribution in [1.29, 1.82) is 0 Å². The molecule has 0 rings (SSSR count). The van der Waals surface area contributed by atoms with Crippen LogP contribution < -0.4 is 0 Å². The van der Waals surface area contributed by atoms with E-state index in [1.54, 1.807) is 0 Å². The molecular formula is C10H19O3. The highest BCUT2D eigenvalue weighted by Gasteiger charge is 2.07. The van der Waals surface area contributed by atoms with E-state index in [-0.39, 0.29) is 5.92 Å². The molecule has 3 nitrogen and oxygen atoms in total. The lowest BCUT2D eigenvalue weighted by atomic mass is 10.0. The normalized spacial score (nSPS) is 10.7. The van der Waals surface area contributed by atoms with Gasteiger partial charge in [0.1, 0.15) is 0 Å². The van der Waals surface area contributed by atoms with Crippen molar-refractivity contribution >= 4 is 6.29 Å². The van der Waals surface area contributed by atoms with E-state index in [0.717, 1.165) is 12.8 Å². The Morgan fingerprint density at radius 1 is 1.08 bits per heavy atom. The van der Waals surface area contributed by atoms with Crippen molar-refractivity contribution < 1.29 is 14.3 Å². The summed E-state index contributed by atoms with van der Waals surface area (Å²) in [5.74, 6) is -0.0295. The van der Waals surface area contributed by atoms with Gasteiger partial charge in [-0.05, 0) is 26.7 Å². The van der Waals surface area contributed by atoms with Gasteiger partial charge in [-0.2, -0.15) is 0 Å². The van der Waals surface area contributed by atoms with E-state index in [4.69, 9.17) is 9.47 Å². The quantitative estimate of drug-likeness (QED) is 0.514. The third-order valence-corrected chi connectivity index (χ3v) is 1.80. The molecule has 0 heterocycles. The molecule has 0 saturated carbocycles. The number of carbonyl (C=O) groups excluding carboxylic acids is 1. The van der Waals surface area contributed by atoms with Crippen LogP contribution in [0.5, 0.6) is 0 Å². The maximum atomic E-state index is 10.5. The fourth-order valence-corrected chi connectivity index (χ4v) is 1.00. The van der Waals surface area contributed by atoms with Gasteiger partial charge in [0.15, 0.2) is 0 Å². The molecule has 0 unspecified atom stereocenters. The minimum absolute atomic E-state index is 0.0295. The van der Waals surface area contributed by atoms with Crippen LogP contribution in [0, 0.1) is 5.92 Å². The largest absolute Gasteiger partial charge is 0.382 e. The topological polar surface area (TPSA) is 35.5 Å². The predicted octanol–water partition coefficient (Wildman–Crippen LogP) is 1.57. The van der Waals surface area contributed by atoms with Crippen LogP contribution in [0.1, 0.15) is 26.7 Å². The number of ether oxygens (including phenoxy) is 2. The highest BCUT2D eigenvalue weighted by Crippen LogP contribution is 2.05. The fourth-order valence-electron chi connectivity index (χ4n) is 1.00. The molecule has 1 radical (unpaired) electrons. The Morgan fingerprint density at radius 3 is 1.85 bits per heavy atom. The number of rotatable bonds is 9. The van der Waals surface area contributed by atoms with Gasteiger partial charge in [0, 0.05) is 32.3 Å². The maximum absolute atomic E-state index is 10.5. The van der Waals surface area contributed by atoms with Gasteiger partial charge in [0.2, 0.25) is 6.29 Å². The van der Waals surface area contributed by atoms with E-state index in [1.807, 2.05) is 20.1 Å². The summed E-state index contributed by atoms with van der Waals surface area (Å²) >= 11 is 0. The lowest BCUT2D eigenvalue weighted by molar-refractivity contribution is 0.117. The molecule has 0 fully saturated rings. The molecule has 0 aliphatic carbocycles. The van der Waals surface area contributed by atoms with Crippen molar-refractivity contribution in [1.82, 2.24) is 0 Å². The van der Waals surface area contributed by atoms with Crippen molar-refractivity contribution in [3.63, 3.8) is 0 Å². The second kappa shape index (κ2) is 9.68. The van der Waals surface area contributed by atoms with Gasteiger partial charge in [-0.3, -0.25) is 4.79 Å². The van der Waals surface area contributed by atoms with Crippen molar-refractivity contribution in [3.8, 4) is 0 Å². The van der Waals surface area contributed by atoms with E-state index >= 15 is 0 Å². The standard InChI is InChI=1S/C10H19O3/c1-3-12-7-5-10(9-11)6-8-13-4-2/h10H,3-8H2,1-2H3. The van der Waals surface area contributed by atoms with Crippen molar-refractivity contribution in [3.05, 3.63) is 0 Å². The van der Waals surface area contributed by atoms with Crippen LogP contribution in [0.15, 0.2) is 0 Å². The van der Waals surface area contributed by atoms with Crippen molar-refractivity contribution in [2.75, 3.05) is 26.4 Å². The molecule has 0 aliphatic heterocycles. The van der Waals surface area contributed by atoms with Crippen LogP contribution in [0.2, 0.25) is 0 Å². The molecule has 0 spiro atoms. The zero-order chi connectivity index (χ0) is 9.94. The number of hydrogen-bond acceptors (Lipinski definition) is 3. The Hall–Kier alpha value is -0.410. The van der Waals surface area contributed by atoms with Crippen LogP contribution in [0.25, 0.3) is 0 Å². The van der Waals surface area contributed by atoms with Gasteiger partial charge in [-0.25, -0.2) is 0 Å². The van der Waals surface area contributed by atoms with E-state index in [9.17, 15) is 4.79 Å². The molecule has 77 valence electrons. The molecule has 0 N–H and O–H groups in total. The summed E-state index contributed by atoms with van der Waals surface area (Å²) in [6.07, 6.45) is 3.52. The van der Waals surface area contributed by atoms with Gasteiger partial charge >= 0.3 is 0 Å². The van der Waals surface area contributed by atoms with Gasteiger partial charge < -0.3 is 9.47 Å². The molecule has 0 amide bonds. The minimum Gasteiger partial charge on any atom is -0.382 e. The third-order valence-electron chi connectivity index (χ3n) is 1.80. The second-order valence-corrected chi connectivity index (χ2v) is 2.79. The first-order valence-electron chi connectivity index (χ1n) is 4.88. The molecule has 3 heteroatoms. The fraction of sp³-hybridized carbons (Fsp3) is 0.900. The first-order valence-corrected chi connectivity index (χ1v) is 4.88. The first kappa shape index (κ1) is 12.6. The van der Waals surface area contributed by atoms with E-state index in [1.165, 1.54) is 0 Å². The van der Waals surface area contributed by atoms with Gasteiger partial charge in [0.25, 0.3) is 0 Å². The summed E-state index contributed by atoms with van der Waals surface area (Å²) in [7, 11) is 0. The Bertz CT molecular complexity index is 105. The van der Waals surface area contributed by atoms with E-state index in [2.05, 4.69) is 0 Å². The maximum Gasteiger partial charge on any atom is 0.201 e. The Balaban J connectivity index is 3.34. The summed E-state index contributed by atoms with van der Waals surface area (Å²) in [6.45, 7) is 6.58. The highest BCUT2D eigenvalue weighted by atomic mass is 16.5. The lowest BCUT2D eigenvalue weighted by Gasteiger charge is -2.08. The SMILES string of the molecule is CCOCCC([C]=O)CCOCC. The van der Waals surface area contributed by atoms with Crippen LogP contribution in [0.3, 0.4) is 0 Å². The summed E-state index contributed by atoms with van der Waals surface area (Å²) < 4.78 is 10.3. The lowest BCUT2D eigenvalue weighted by Crippen LogP contribution is -2.10. The smallest absolute Gasteiger partial charge is 0.201 e. The second-order valence-electron chi connectivity index (χ2n) is 2.79. The molecule has 0 aromatic rings. The zero-order valence-electron chi connectivity index (χ0n) is 8.54. The molecule has 0 saturated heterocycles. The summed E-state index contributed by atoms with van der Waals surface area (Å²) in [6, 6.07) is 0. The first-order chi connectivity index (χ1) is 6.35. The van der Waals surface area contributed by atoms with Crippen LogP contribution in [0.4, 0.5) is 0 Å². The predicted molar refractivity (Wildman–Crippen MR) is 51.4 cm³/mol. The summed E-state index contributed by atoms with van der Waals surface area (Å²) in [4.78, 5) is 10.5. The molecule has 0 bridgehead atoms. The van der Waals surface area contributed by atoms with Crippen molar-refractivity contribution in [2.24, 2.45) is 5.92 Å². The third kappa shape index (κ3) is 7.94. The van der Waals surface area contributed by atoms with Crippen molar-refractivity contribution in [2.45, 2.75) is 26.7 Å². The van der Waals surface area contributed by atoms with Crippen LogP contribution >= 0.6 is 0 Å². The highest BCUT2D eigenvalue weighted by molar-refractivity contribution is 5.54. The molecule has 0 aliphatic rings. The van der Waals surface area contributed by atoms with Gasteiger partial charge in [-0.15, -0.1) is 0 Å². The average molecular weight is 187 g/mol. The Morgan fingerprint density at radius 2 is 1.54 bits per heavy atom. The molecular weight excluding hydrogens is 168 g/mol. The minimum atomic E-state index is -0.0295. The van der Waals surface area contributed by atoms with Gasteiger partial charge in [0.05, 0.1) is 0 Å². The summed E-state index contributed by atoms with van der Waals surface area (Å²) in [5, 5.41) is 0. The van der Waals surface area contributed by atoms with Gasteiger partial charge in [-0.1, -0.05) is 0 Å².